The van der Waals surface area contributed by atoms with Crippen molar-refractivity contribution < 1.29 is 47.5 Å². The summed E-state index contributed by atoms with van der Waals surface area (Å²) in [7, 11) is 0. The van der Waals surface area contributed by atoms with Gasteiger partial charge in [-0.05, 0) is 73.6 Å². The number of carbonyl (C=O) groups excluding carboxylic acids is 3. The number of thioether (sulfide) groups is 1. The lowest BCUT2D eigenvalue weighted by molar-refractivity contribution is -0.122. The lowest BCUT2D eigenvalue weighted by Crippen LogP contribution is -2.38. The Morgan fingerprint density at radius 1 is 0.652 bits per heavy atom. The molecule has 2 aliphatic heterocycles. The molecule has 2 saturated heterocycles. The molecule has 2 heterocycles. The predicted octanol–water partition coefficient (Wildman–Crippen LogP) is 4.92. The molecule has 5 atom stereocenters. The molecule has 4 aliphatic rings. The molecule has 0 aromatic heterocycles. The van der Waals surface area contributed by atoms with Crippen molar-refractivity contribution in [3.05, 3.63) is 59.7 Å². The van der Waals surface area contributed by atoms with Crippen LogP contribution in [-0.4, -0.2) is 165 Å². The Hall–Kier alpha value is -2.78. The first-order valence-corrected chi connectivity index (χ1v) is 25.9. The van der Waals surface area contributed by atoms with Crippen LogP contribution in [0.2, 0.25) is 0 Å². The predicted molar refractivity (Wildman–Crippen MR) is 275 cm³/mol. The average molecular weight is 1030 g/mol. The Morgan fingerprint density at radius 3 is 1.78 bits per heavy atom. The van der Waals surface area contributed by atoms with Gasteiger partial charge >= 0.3 is 6.03 Å². The van der Waals surface area contributed by atoms with E-state index >= 15 is 0 Å². The zero-order valence-corrected chi connectivity index (χ0v) is 42.8. The van der Waals surface area contributed by atoms with Gasteiger partial charge < -0.3 is 65.5 Å². The zero-order valence-electron chi connectivity index (χ0n) is 40.3. The first kappa shape index (κ1) is 58.8. The molecule has 4 amide bonds. The van der Waals surface area contributed by atoms with Gasteiger partial charge in [0.05, 0.1) is 105 Å². The van der Waals surface area contributed by atoms with Gasteiger partial charge in [-0.3, -0.25) is 9.59 Å². The van der Waals surface area contributed by atoms with Crippen LogP contribution in [0.4, 0.5) is 4.79 Å². The maximum absolute atomic E-state index is 12.5. The Labute approximate surface area is 426 Å². The number of nitrogens with two attached hydrogens (primary N) is 1. The highest BCUT2D eigenvalue weighted by atomic mass is 35.5. The van der Waals surface area contributed by atoms with E-state index in [1.54, 1.807) is 0 Å². The number of unbranched alkanes of at least 4 members (excludes halogenated alkanes) is 1. The van der Waals surface area contributed by atoms with Crippen LogP contribution in [0.5, 0.6) is 0 Å². The van der Waals surface area contributed by atoms with Crippen LogP contribution in [0.25, 0.3) is 11.1 Å². The Bertz CT molecular complexity index is 1740. The quantitative estimate of drug-likeness (QED) is 0.0398. The lowest BCUT2D eigenvalue weighted by atomic mass is 9.91. The molecule has 2 saturated carbocycles. The van der Waals surface area contributed by atoms with Crippen LogP contribution < -0.4 is 32.3 Å². The number of fused-ring (bicyclic) bond motifs is 1. The van der Waals surface area contributed by atoms with Gasteiger partial charge in [-0.2, -0.15) is 11.8 Å². The molecule has 2 aliphatic carbocycles. The first-order valence-electron chi connectivity index (χ1n) is 24.9. The van der Waals surface area contributed by atoms with Crippen LogP contribution >= 0.6 is 36.6 Å². The van der Waals surface area contributed by atoms with Gasteiger partial charge in [0.25, 0.3) is 0 Å². The third-order valence-electron chi connectivity index (χ3n) is 12.7. The van der Waals surface area contributed by atoms with Crippen LogP contribution in [0.1, 0.15) is 81.3 Å². The molecule has 390 valence electrons. The topological polar surface area (TPSA) is 202 Å². The monoisotopic (exact) mass is 1030 g/mol. The number of urea groups is 1. The summed E-state index contributed by atoms with van der Waals surface area (Å²) in [5.41, 5.74) is 11.0. The highest BCUT2D eigenvalue weighted by molar-refractivity contribution is 8.00. The number of amides is 4. The van der Waals surface area contributed by atoms with Crippen molar-refractivity contribution in [1.29, 1.82) is 0 Å². The Balaban J connectivity index is 0.00000518. The van der Waals surface area contributed by atoms with E-state index in [0.29, 0.717) is 154 Å². The van der Waals surface area contributed by atoms with E-state index in [9.17, 15) is 14.4 Å². The maximum Gasteiger partial charge on any atom is 0.315 e. The summed E-state index contributed by atoms with van der Waals surface area (Å²) < 4.78 is 38.8. The molecule has 2 aromatic rings. The molecular formula is C50H80Cl2N6O10S. The maximum atomic E-state index is 12.5. The molecule has 0 unspecified atom stereocenters. The van der Waals surface area contributed by atoms with Crippen LogP contribution in [0.15, 0.2) is 48.5 Å². The number of ether oxygens (including phenoxy) is 7. The van der Waals surface area contributed by atoms with E-state index in [1.807, 2.05) is 11.8 Å². The summed E-state index contributed by atoms with van der Waals surface area (Å²) in [4.78, 5) is 36.1. The number of aryl methyl sites for hydroxylation is 1. The molecule has 0 radical (unpaired) electrons. The second-order valence-corrected chi connectivity index (χ2v) is 19.2. The van der Waals surface area contributed by atoms with Gasteiger partial charge in [0.1, 0.15) is 0 Å². The van der Waals surface area contributed by atoms with E-state index in [2.05, 4.69) is 75.1 Å². The largest absolute Gasteiger partial charge is 0.377 e. The van der Waals surface area contributed by atoms with Crippen LogP contribution in [-0.2, 0) is 49.2 Å². The molecule has 69 heavy (non-hydrogen) atoms. The van der Waals surface area contributed by atoms with E-state index in [0.717, 1.165) is 43.4 Å². The number of hydrogen-bond acceptors (Lipinski definition) is 13. The second kappa shape index (κ2) is 34.6. The molecule has 6 rings (SSSR count). The highest BCUT2D eigenvalue weighted by Crippen LogP contribution is 2.42. The smallest absolute Gasteiger partial charge is 0.315 e. The minimum Gasteiger partial charge on any atom is -0.377 e. The van der Waals surface area contributed by atoms with Gasteiger partial charge in [0, 0.05) is 61.0 Å². The molecule has 19 heteroatoms. The lowest BCUT2D eigenvalue weighted by Gasteiger charge is -2.27. The summed E-state index contributed by atoms with van der Waals surface area (Å²) in [6.45, 7) is 7.44. The second-order valence-electron chi connectivity index (χ2n) is 17.9. The standard InChI is InChI=1S/C50H78N6O10S.2ClH/c51-41-13-15-42(16-14-41)54-44-35-43(44)39-11-9-38(10-12-39)40-5-3-4-37(34-40)8-17-48(58)53-19-21-61-23-25-63-27-29-65-31-33-66-32-30-64-28-26-62-24-22-60-20-18-52-47(57)7-2-1-6-46-49-45(36-67-46)55-50(59)56-49;;/h3-5,9-12,34,41-46,49,54H,1-2,6-8,13-33,35-36,51H2,(H,52,57)(H,53,58)(H2,55,56,59);2*1H/t41-,42-,43-,44+,45-,46-,49-;;/m0../s1. The number of nitrogens with one attached hydrogen (secondary N) is 5. The number of hydrogen-bond donors (Lipinski definition) is 6. The van der Waals surface area contributed by atoms with E-state index in [-0.39, 0.29) is 54.7 Å². The van der Waals surface area contributed by atoms with Gasteiger partial charge in [-0.25, -0.2) is 4.79 Å². The minimum absolute atomic E-state index is 0. The van der Waals surface area contributed by atoms with Crippen molar-refractivity contribution >= 4 is 54.4 Å². The molecule has 0 bridgehead atoms. The number of rotatable bonds is 36. The Kier molecular flexibility index (Phi) is 29.4. The zero-order chi connectivity index (χ0) is 46.7. The van der Waals surface area contributed by atoms with Crippen LogP contribution in [0.3, 0.4) is 0 Å². The number of benzene rings is 2. The molecule has 0 spiro atoms. The van der Waals surface area contributed by atoms with E-state index in [1.165, 1.54) is 36.0 Å². The third kappa shape index (κ3) is 23.1. The summed E-state index contributed by atoms with van der Waals surface area (Å²) in [6, 6.07) is 19.5. The summed E-state index contributed by atoms with van der Waals surface area (Å²) in [5.74, 6) is 1.62. The fourth-order valence-electron chi connectivity index (χ4n) is 8.82. The molecular weight excluding hydrogens is 948 g/mol. The summed E-state index contributed by atoms with van der Waals surface area (Å²) in [6.07, 6.45) is 10.3. The third-order valence-corrected chi connectivity index (χ3v) is 14.2. The van der Waals surface area contributed by atoms with E-state index < -0.39 is 0 Å². The van der Waals surface area contributed by atoms with Crippen molar-refractivity contribution in [3.8, 4) is 11.1 Å². The van der Waals surface area contributed by atoms with Crippen molar-refractivity contribution in [1.82, 2.24) is 26.6 Å². The molecule has 4 fully saturated rings. The van der Waals surface area contributed by atoms with Crippen molar-refractivity contribution in [2.24, 2.45) is 5.73 Å². The molecule has 7 N–H and O–H groups in total. The number of carbonyl (C=O) groups is 3. The molecule has 2 aromatic carbocycles. The van der Waals surface area contributed by atoms with Crippen molar-refractivity contribution in [2.75, 3.05) is 111 Å². The fourth-order valence-corrected chi connectivity index (χ4v) is 10.4. The number of halogens is 2. The molecule has 16 nitrogen and oxygen atoms in total. The first-order chi connectivity index (χ1) is 32.9. The SMILES string of the molecule is Cl.Cl.N[C@H]1CC[C@H](N[C@@H]2C[C@H]2c2ccc(-c3cccc(CCC(=O)NCCOCCOCCOCCOCCOCCOCCOCCNC(=O)CCCC[C@@H]4SC[C@@H]5NC(=O)N[C@@H]54)c3)cc2)CC1. The van der Waals surface area contributed by atoms with Gasteiger partial charge in [0.2, 0.25) is 11.8 Å². The fraction of sp³-hybridized carbons (Fsp3) is 0.700. The van der Waals surface area contributed by atoms with Gasteiger partial charge in [0.15, 0.2) is 0 Å². The normalized spacial score (nSPS) is 22.4. The van der Waals surface area contributed by atoms with Crippen molar-refractivity contribution in [2.45, 2.75) is 112 Å². The van der Waals surface area contributed by atoms with Gasteiger partial charge in [-0.15, -0.1) is 24.8 Å². The average Bonchev–Trinajstić information content (AvgIpc) is 3.86. The van der Waals surface area contributed by atoms with Crippen molar-refractivity contribution in [3.63, 3.8) is 0 Å². The van der Waals surface area contributed by atoms with E-state index in [4.69, 9.17) is 38.9 Å². The minimum atomic E-state index is -0.0618. The summed E-state index contributed by atoms with van der Waals surface area (Å²) in [5, 5.41) is 16.1. The van der Waals surface area contributed by atoms with Gasteiger partial charge in [-0.1, -0.05) is 55.0 Å². The Morgan fingerprint density at radius 2 is 1.20 bits per heavy atom. The summed E-state index contributed by atoms with van der Waals surface area (Å²) >= 11 is 1.90. The van der Waals surface area contributed by atoms with Crippen LogP contribution in [0, 0.1) is 0 Å². The highest BCUT2D eigenvalue weighted by Gasteiger charge is 2.42.